The number of hydrogen-bond donors (Lipinski definition) is 1. The van der Waals surface area contributed by atoms with Crippen molar-refractivity contribution in [3.05, 3.63) is 35.9 Å². The van der Waals surface area contributed by atoms with Crippen molar-refractivity contribution in [2.75, 3.05) is 0 Å². The minimum Gasteiger partial charge on any atom is -0.356 e. The molecular weight excluding hydrogens is 202 g/mol. The smallest absolute Gasteiger partial charge is 0.255 e. The van der Waals surface area contributed by atoms with Crippen LogP contribution in [0.4, 0.5) is 0 Å². The van der Waals surface area contributed by atoms with Crippen molar-refractivity contribution in [1.82, 2.24) is 5.32 Å². The molecule has 2 fully saturated rings. The van der Waals surface area contributed by atoms with Gasteiger partial charge < -0.3 is 10.1 Å². The highest BCUT2D eigenvalue weighted by atomic mass is 16.6. The van der Waals surface area contributed by atoms with E-state index >= 15 is 0 Å². The third-order valence-corrected chi connectivity index (χ3v) is 3.51. The standard InChI is InChI=1S/C13H15NO2/c15-12(13-8-4-7-11(13)16-13)14-9-10-5-2-1-3-6-10/h1-3,5-6,11H,4,7-9H2,(H,14,15)/t11-,13+/m0/s1. The zero-order chi connectivity index (χ0) is 11.0. The second-order valence-electron chi connectivity index (χ2n) is 4.56. The molecule has 1 N–H and O–H groups in total. The maximum atomic E-state index is 11.9. The quantitative estimate of drug-likeness (QED) is 0.782. The van der Waals surface area contributed by atoms with Gasteiger partial charge in [-0.25, -0.2) is 0 Å². The van der Waals surface area contributed by atoms with Gasteiger partial charge in [0.2, 0.25) is 0 Å². The Labute approximate surface area is 94.8 Å². The van der Waals surface area contributed by atoms with E-state index in [0.717, 1.165) is 24.8 Å². The molecule has 2 atom stereocenters. The average Bonchev–Trinajstić information content (AvgIpc) is 2.90. The van der Waals surface area contributed by atoms with Crippen LogP contribution in [0.2, 0.25) is 0 Å². The summed E-state index contributed by atoms with van der Waals surface area (Å²) >= 11 is 0. The molecule has 0 unspecified atom stereocenters. The molecule has 0 radical (unpaired) electrons. The highest BCUT2D eigenvalue weighted by Gasteiger charge is 2.64. The van der Waals surface area contributed by atoms with Crippen LogP contribution >= 0.6 is 0 Å². The monoisotopic (exact) mass is 217 g/mol. The molecule has 1 aromatic rings. The number of fused-ring (bicyclic) bond motifs is 1. The van der Waals surface area contributed by atoms with Gasteiger partial charge in [0, 0.05) is 6.54 Å². The van der Waals surface area contributed by atoms with Crippen LogP contribution in [0.5, 0.6) is 0 Å². The second kappa shape index (κ2) is 3.59. The van der Waals surface area contributed by atoms with Crippen LogP contribution in [0, 0.1) is 0 Å². The van der Waals surface area contributed by atoms with Gasteiger partial charge in [-0.2, -0.15) is 0 Å². The fraction of sp³-hybridized carbons (Fsp3) is 0.462. The Morgan fingerprint density at radius 1 is 1.44 bits per heavy atom. The molecule has 1 aromatic carbocycles. The molecule has 0 spiro atoms. The lowest BCUT2D eigenvalue weighted by Gasteiger charge is -2.09. The minimum atomic E-state index is -0.450. The first-order valence-electron chi connectivity index (χ1n) is 5.81. The largest absolute Gasteiger partial charge is 0.356 e. The molecule has 1 aliphatic heterocycles. The fourth-order valence-corrected chi connectivity index (χ4v) is 2.52. The molecule has 3 heteroatoms. The number of carbonyl (C=O) groups excluding carboxylic acids is 1. The van der Waals surface area contributed by atoms with Crippen LogP contribution in [0.1, 0.15) is 24.8 Å². The Morgan fingerprint density at radius 2 is 2.25 bits per heavy atom. The maximum Gasteiger partial charge on any atom is 0.255 e. The van der Waals surface area contributed by atoms with Crippen LogP contribution in [0.25, 0.3) is 0 Å². The average molecular weight is 217 g/mol. The Bertz CT molecular complexity index is 404. The zero-order valence-corrected chi connectivity index (χ0v) is 9.11. The highest BCUT2D eigenvalue weighted by molar-refractivity contribution is 5.89. The van der Waals surface area contributed by atoms with Crippen molar-refractivity contribution < 1.29 is 9.53 Å². The Hall–Kier alpha value is -1.35. The van der Waals surface area contributed by atoms with Gasteiger partial charge in [0.1, 0.15) is 0 Å². The Balaban J connectivity index is 1.58. The maximum absolute atomic E-state index is 11.9. The third-order valence-electron chi connectivity index (χ3n) is 3.51. The number of ether oxygens (including phenoxy) is 1. The van der Waals surface area contributed by atoms with Crippen molar-refractivity contribution in [2.45, 2.75) is 37.5 Å². The Kier molecular flexibility index (Phi) is 2.21. The summed E-state index contributed by atoms with van der Waals surface area (Å²) < 4.78 is 5.48. The van der Waals surface area contributed by atoms with Crippen LogP contribution in [-0.4, -0.2) is 17.6 Å². The molecule has 3 nitrogen and oxygen atoms in total. The summed E-state index contributed by atoms with van der Waals surface area (Å²) in [4.78, 5) is 11.9. The summed E-state index contributed by atoms with van der Waals surface area (Å²) in [5.74, 6) is 0.0684. The molecule has 1 aliphatic carbocycles. The van der Waals surface area contributed by atoms with Crippen molar-refractivity contribution in [3.63, 3.8) is 0 Å². The van der Waals surface area contributed by atoms with Gasteiger partial charge in [0.15, 0.2) is 5.60 Å². The van der Waals surface area contributed by atoms with Crippen LogP contribution in [0.15, 0.2) is 30.3 Å². The number of rotatable bonds is 3. The molecule has 16 heavy (non-hydrogen) atoms. The summed E-state index contributed by atoms with van der Waals surface area (Å²) in [6.07, 6.45) is 3.24. The van der Waals surface area contributed by atoms with Gasteiger partial charge in [-0.3, -0.25) is 4.79 Å². The first-order chi connectivity index (χ1) is 7.81. The van der Waals surface area contributed by atoms with E-state index in [1.54, 1.807) is 0 Å². The first-order valence-corrected chi connectivity index (χ1v) is 5.81. The van der Waals surface area contributed by atoms with E-state index in [9.17, 15) is 4.79 Å². The summed E-state index contributed by atoms with van der Waals surface area (Å²) in [7, 11) is 0. The lowest BCUT2D eigenvalue weighted by Crippen LogP contribution is -2.36. The molecule has 0 aromatic heterocycles. The number of amides is 1. The molecule has 1 saturated heterocycles. The SMILES string of the molecule is O=C(NCc1ccccc1)[C@@]12CCC[C@@H]1O2. The zero-order valence-electron chi connectivity index (χ0n) is 9.11. The first kappa shape index (κ1) is 9.85. The molecular formula is C13H15NO2. The van der Waals surface area contributed by atoms with Crippen molar-refractivity contribution in [2.24, 2.45) is 0 Å². The molecule has 1 amide bonds. The molecule has 1 heterocycles. The van der Waals surface area contributed by atoms with E-state index in [4.69, 9.17) is 4.74 Å². The van der Waals surface area contributed by atoms with Crippen molar-refractivity contribution >= 4 is 5.91 Å². The van der Waals surface area contributed by atoms with Gasteiger partial charge in [0.05, 0.1) is 6.10 Å². The van der Waals surface area contributed by atoms with Gasteiger partial charge in [0.25, 0.3) is 5.91 Å². The van der Waals surface area contributed by atoms with Crippen LogP contribution in [-0.2, 0) is 16.1 Å². The predicted molar refractivity (Wildman–Crippen MR) is 59.7 cm³/mol. The lowest BCUT2D eigenvalue weighted by molar-refractivity contribution is -0.126. The van der Waals surface area contributed by atoms with E-state index in [2.05, 4.69) is 5.32 Å². The van der Waals surface area contributed by atoms with Crippen LogP contribution in [0.3, 0.4) is 0 Å². The van der Waals surface area contributed by atoms with Crippen molar-refractivity contribution in [3.8, 4) is 0 Å². The number of carbonyl (C=O) groups is 1. The molecule has 3 rings (SSSR count). The van der Waals surface area contributed by atoms with Gasteiger partial charge >= 0.3 is 0 Å². The third kappa shape index (κ3) is 1.52. The van der Waals surface area contributed by atoms with Crippen LogP contribution < -0.4 is 5.32 Å². The molecule has 0 bridgehead atoms. The second-order valence-corrected chi connectivity index (χ2v) is 4.56. The van der Waals surface area contributed by atoms with Gasteiger partial charge in [-0.15, -0.1) is 0 Å². The molecule has 1 saturated carbocycles. The number of benzene rings is 1. The summed E-state index contributed by atoms with van der Waals surface area (Å²) in [5, 5.41) is 2.96. The van der Waals surface area contributed by atoms with Gasteiger partial charge in [-0.05, 0) is 24.8 Å². The number of epoxide rings is 1. The topological polar surface area (TPSA) is 41.6 Å². The summed E-state index contributed by atoms with van der Waals surface area (Å²) in [6.45, 7) is 0.595. The molecule has 2 aliphatic rings. The Morgan fingerprint density at radius 3 is 2.88 bits per heavy atom. The van der Waals surface area contributed by atoms with E-state index < -0.39 is 5.60 Å². The van der Waals surface area contributed by atoms with E-state index in [1.807, 2.05) is 30.3 Å². The minimum absolute atomic E-state index is 0.0684. The fourth-order valence-electron chi connectivity index (χ4n) is 2.52. The van der Waals surface area contributed by atoms with Crippen molar-refractivity contribution in [1.29, 1.82) is 0 Å². The van der Waals surface area contributed by atoms with E-state index in [0.29, 0.717) is 6.54 Å². The van der Waals surface area contributed by atoms with Gasteiger partial charge in [-0.1, -0.05) is 30.3 Å². The van der Waals surface area contributed by atoms with E-state index in [-0.39, 0.29) is 12.0 Å². The van der Waals surface area contributed by atoms with E-state index in [1.165, 1.54) is 0 Å². The number of hydrogen-bond acceptors (Lipinski definition) is 2. The number of nitrogens with one attached hydrogen (secondary N) is 1. The normalized spacial score (nSPS) is 30.9. The predicted octanol–water partition coefficient (Wildman–Crippen LogP) is 1.62. The molecule has 84 valence electrons. The lowest BCUT2D eigenvalue weighted by atomic mass is 10.1. The highest BCUT2D eigenvalue weighted by Crippen LogP contribution is 2.49. The summed E-state index contributed by atoms with van der Waals surface area (Å²) in [6, 6.07) is 9.95. The summed E-state index contributed by atoms with van der Waals surface area (Å²) in [5.41, 5.74) is 0.678.